The van der Waals surface area contributed by atoms with Crippen molar-refractivity contribution in [1.82, 2.24) is 10.6 Å². The van der Waals surface area contributed by atoms with Gasteiger partial charge in [0.05, 0.1) is 24.4 Å². The molecule has 4 aliphatic rings. The SMILES string of the molecule is O=C(NCc1cccc(C(=O)NCCO)c1)C1=CC2OC(c3ccccc3)(c3ccccc3)OC2C(OC(=O)c2cccc(C=CC3CCC4OC4C3)c2)C1. The molecular formula is C45H44N2O8. The fourth-order valence-electron chi connectivity index (χ4n) is 7.81. The number of aliphatic hydroxyl groups excluding tert-OH is 1. The number of hydrogen-bond acceptors (Lipinski definition) is 8. The molecule has 6 unspecified atom stereocenters. The van der Waals surface area contributed by atoms with Crippen molar-refractivity contribution in [2.45, 2.75) is 68.5 Å². The van der Waals surface area contributed by atoms with Crippen LogP contribution in [0.3, 0.4) is 0 Å². The highest BCUT2D eigenvalue weighted by molar-refractivity contribution is 5.95. The van der Waals surface area contributed by atoms with Gasteiger partial charge in [-0.25, -0.2) is 4.79 Å². The lowest BCUT2D eigenvalue weighted by Crippen LogP contribution is -2.43. The summed E-state index contributed by atoms with van der Waals surface area (Å²) in [5.41, 5.74) is 4.36. The molecule has 0 radical (unpaired) electrons. The van der Waals surface area contributed by atoms with Gasteiger partial charge in [-0.3, -0.25) is 9.59 Å². The molecule has 3 N–H and O–H groups in total. The standard InChI is InChI=1S/C45H44N2O8/c48-22-21-46-42(49)32-11-8-10-31(24-32)28-47-43(50)34-26-39(53-44(51)33-12-7-9-29(23-33)17-18-30-19-20-37-38(25-30)52-37)41-40(27-34)54-45(55-41,35-13-3-1-4-14-35)36-15-5-2-6-16-36/h1-18,23-24,27,30,37-41,48H,19-22,25-26,28H2,(H,46,49)(H,47,50). The lowest BCUT2D eigenvalue weighted by molar-refractivity contribution is -0.157. The molecule has 2 aliphatic heterocycles. The van der Waals surface area contributed by atoms with Gasteiger partial charge in [-0.15, -0.1) is 0 Å². The molecule has 0 bridgehead atoms. The minimum atomic E-state index is -1.32. The zero-order valence-corrected chi connectivity index (χ0v) is 30.3. The van der Waals surface area contributed by atoms with E-state index >= 15 is 0 Å². The Morgan fingerprint density at radius 1 is 0.800 bits per heavy atom. The number of carbonyl (C=O) groups is 3. The van der Waals surface area contributed by atoms with E-state index < -0.39 is 30.1 Å². The minimum Gasteiger partial charge on any atom is -0.456 e. The van der Waals surface area contributed by atoms with Crippen LogP contribution in [0.2, 0.25) is 0 Å². The van der Waals surface area contributed by atoms with Crippen LogP contribution in [0.25, 0.3) is 6.08 Å². The number of amides is 2. The highest BCUT2D eigenvalue weighted by Gasteiger charge is 2.55. The fraction of sp³-hybridized carbons (Fsp3) is 0.311. The molecule has 10 nitrogen and oxygen atoms in total. The summed E-state index contributed by atoms with van der Waals surface area (Å²) in [6.45, 7) is 0.131. The first-order valence-corrected chi connectivity index (χ1v) is 19.0. The molecule has 4 aromatic rings. The maximum Gasteiger partial charge on any atom is 0.338 e. The first kappa shape index (κ1) is 36.6. The predicted octanol–water partition coefficient (Wildman–Crippen LogP) is 5.85. The maximum atomic E-state index is 13.9. The van der Waals surface area contributed by atoms with Crippen LogP contribution >= 0.6 is 0 Å². The number of benzene rings is 4. The third-order valence-corrected chi connectivity index (χ3v) is 10.7. The molecule has 2 saturated heterocycles. The Morgan fingerprint density at radius 3 is 2.29 bits per heavy atom. The molecule has 2 aliphatic carbocycles. The van der Waals surface area contributed by atoms with Gasteiger partial charge in [0.15, 0.2) is 0 Å². The Morgan fingerprint density at radius 2 is 1.55 bits per heavy atom. The van der Waals surface area contributed by atoms with Gasteiger partial charge in [0, 0.05) is 41.8 Å². The van der Waals surface area contributed by atoms with E-state index in [1.165, 1.54) is 0 Å². The number of aliphatic hydroxyl groups is 1. The summed E-state index contributed by atoms with van der Waals surface area (Å²) in [7, 11) is 0. The minimum absolute atomic E-state index is 0.0941. The van der Waals surface area contributed by atoms with Crippen molar-refractivity contribution in [3.05, 3.63) is 160 Å². The number of epoxide rings is 1. The van der Waals surface area contributed by atoms with Crippen molar-refractivity contribution in [1.29, 1.82) is 0 Å². The van der Waals surface area contributed by atoms with Gasteiger partial charge in [0.2, 0.25) is 11.7 Å². The van der Waals surface area contributed by atoms with Crippen LogP contribution < -0.4 is 10.6 Å². The topological polar surface area (TPSA) is 136 Å². The summed E-state index contributed by atoms with van der Waals surface area (Å²) in [6.07, 6.45) is 7.86. The van der Waals surface area contributed by atoms with Gasteiger partial charge in [0.1, 0.15) is 18.3 Å². The Balaban J connectivity index is 1.04. The van der Waals surface area contributed by atoms with E-state index in [-0.39, 0.29) is 37.9 Å². The summed E-state index contributed by atoms with van der Waals surface area (Å²) < 4.78 is 25.7. The van der Waals surface area contributed by atoms with E-state index in [1.807, 2.05) is 84.9 Å². The van der Waals surface area contributed by atoms with Crippen molar-refractivity contribution in [3.63, 3.8) is 0 Å². The largest absolute Gasteiger partial charge is 0.456 e. The molecule has 2 heterocycles. The van der Waals surface area contributed by atoms with Crippen molar-refractivity contribution in [2.24, 2.45) is 5.92 Å². The summed E-state index contributed by atoms with van der Waals surface area (Å²) in [5, 5.41) is 14.7. The molecule has 282 valence electrons. The van der Waals surface area contributed by atoms with Crippen LogP contribution in [0, 0.1) is 5.92 Å². The summed E-state index contributed by atoms with van der Waals surface area (Å²) >= 11 is 0. The number of hydrogen-bond donors (Lipinski definition) is 3. The van der Waals surface area contributed by atoms with Crippen LogP contribution in [-0.4, -0.2) is 66.6 Å². The fourth-order valence-corrected chi connectivity index (χ4v) is 7.81. The number of nitrogens with one attached hydrogen (secondary N) is 2. The molecule has 0 spiro atoms. The number of rotatable bonds is 12. The second-order valence-electron chi connectivity index (χ2n) is 14.5. The third kappa shape index (κ3) is 8.18. The van der Waals surface area contributed by atoms with Crippen molar-refractivity contribution < 1.29 is 38.4 Å². The van der Waals surface area contributed by atoms with Gasteiger partial charge in [0.25, 0.3) is 5.91 Å². The molecule has 10 heteroatoms. The molecule has 0 aromatic heterocycles. The molecule has 2 amide bonds. The van der Waals surface area contributed by atoms with Gasteiger partial charge < -0.3 is 34.7 Å². The van der Waals surface area contributed by atoms with Crippen LogP contribution in [0.15, 0.2) is 127 Å². The zero-order chi connectivity index (χ0) is 37.8. The Kier molecular flexibility index (Phi) is 10.7. The molecule has 8 rings (SSSR count). The number of allylic oxidation sites excluding steroid dienone is 1. The predicted molar refractivity (Wildman–Crippen MR) is 204 cm³/mol. The van der Waals surface area contributed by atoms with E-state index in [4.69, 9.17) is 24.1 Å². The highest BCUT2D eigenvalue weighted by atomic mass is 16.8. The average molecular weight is 741 g/mol. The lowest BCUT2D eigenvalue weighted by atomic mass is 9.88. The van der Waals surface area contributed by atoms with Crippen LogP contribution in [-0.2, 0) is 36.1 Å². The Labute approximate surface area is 320 Å². The van der Waals surface area contributed by atoms with Gasteiger partial charge >= 0.3 is 5.97 Å². The first-order chi connectivity index (χ1) is 26.9. The van der Waals surface area contributed by atoms with Gasteiger partial charge in [-0.2, -0.15) is 0 Å². The normalized spacial score (nSPS) is 24.9. The monoisotopic (exact) mass is 740 g/mol. The summed E-state index contributed by atoms with van der Waals surface area (Å²) in [6, 6.07) is 33.5. The zero-order valence-electron chi connectivity index (χ0n) is 30.3. The van der Waals surface area contributed by atoms with E-state index in [0.29, 0.717) is 34.8 Å². The van der Waals surface area contributed by atoms with Crippen LogP contribution in [0.5, 0.6) is 0 Å². The van der Waals surface area contributed by atoms with Gasteiger partial charge in [-0.05, 0) is 66.6 Å². The highest BCUT2D eigenvalue weighted by Crippen LogP contribution is 2.47. The lowest BCUT2D eigenvalue weighted by Gasteiger charge is -2.31. The maximum absolute atomic E-state index is 13.9. The van der Waals surface area contributed by atoms with Crippen molar-refractivity contribution in [2.75, 3.05) is 13.2 Å². The molecule has 4 aromatic carbocycles. The second-order valence-corrected chi connectivity index (χ2v) is 14.5. The molecule has 3 fully saturated rings. The van der Waals surface area contributed by atoms with Crippen molar-refractivity contribution >= 4 is 23.9 Å². The van der Waals surface area contributed by atoms with Crippen LogP contribution in [0.4, 0.5) is 0 Å². The van der Waals surface area contributed by atoms with E-state index in [1.54, 1.807) is 30.3 Å². The van der Waals surface area contributed by atoms with E-state index in [9.17, 15) is 14.4 Å². The van der Waals surface area contributed by atoms with Crippen LogP contribution in [0.1, 0.15) is 68.7 Å². The number of esters is 1. The van der Waals surface area contributed by atoms with E-state index in [2.05, 4.69) is 22.8 Å². The molecule has 1 saturated carbocycles. The Hall–Kier alpha value is -5.39. The van der Waals surface area contributed by atoms with E-state index in [0.717, 1.165) is 41.5 Å². The quantitative estimate of drug-likeness (QED) is 0.122. The second kappa shape index (κ2) is 16.1. The number of carbonyl (C=O) groups excluding carboxylic acids is 3. The number of fused-ring (bicyclic) bond motifs is 2. The summed E-state index contributed by atoms with van der Waals surface area (Å²) in [4.78, 5) is 40.2. The van der Waals surface area contributed by atoms with Gasteiger partial charge in [-0.1, -0.05) is 97.1 Å². The summed E-state index contributed by atoms with van der Waals surface area (Å²) in [5.74, 6) is -2.07. The molecule has 55 heavy (non-hydrogen) atoms. The molecule has 6 atom stereocenters. The molecular weight excluding hydrogens is 697 g/mol. The number of ether oxygens (including phenoxy) is 4. The van der Waals surface area contributed by atoms with Crippen molar-refractivity contribution in [3.8, 4) is 0 Å². The smallest absolute Gasteiger partial charge is 0.338 e. The Bertz CT molecular complexity index is 2040. The average Bonchev–Trinajstić information content (AvgIpc) is 3.90. The first-order valence-electron chi connectivity index (χ1n) is 19.0. The third-order valence-electron chi connectivity index (χ3n) is 10.7.